The van der Waals surface area contributed by atoms with Gasteiger partial charge in [0.05, 0.1) is 26.4 Å². The van der Waals surface area contributed by atoms with Crippen LogP contribution in [0.5, 0.6) is 0 Å². The maximum atomic E-state index is 13.0. The Labute approximate surface area is 141 Å². The van der Waals surface area contributed by atoms with Gasteiger partial charge in [-0.25, -0.2) is 4.79 Å². The van der Waals surface area contributed by atoms with Gasteiger partial charge in [-0.05, 0) is 32.9 Å². The van der Waals surface area contributed by atoms with E-state index in [4.69, 9.17) is 19.5 Å². The lowest BCUT2D eigenvalue weighted by molar-refractivity contribution is -0.0148. The third-order valence-electron chi connectivity index (χ3n) is 3.59. The Kier molecular flexibility index (Phi) is 5.98. The molecule has 0 bridgehead atoms. The predicted molar refractivity (Wildman–Crippen MR) is 90.8 cm³/mol. The first-order chi connectivity index (χ1) is 11.3. The first-order valence-electron chi connectivity index (χ1n) is 7.90. The van der Waals surface area contributed by atoms with Crippen LogP contribution in [0.4, 0.5) is 5.82 Å². The van der Waals surface area contributed by atoms with Crippen LogP contribution < -0.4 is 11.4 Å². The average molecular weight is 357 g/mol. The molecular formula is C15H24N3O5P. The highest BCUT2D eigenvalue weighted by molar-refractivity contribution is 7.58. The van der Waals surface area contributed by atoms with Crippen molar-refractivity contribution in [2.24, 2.45) is 0 Å². The summed E-state index contributed by atoms with van der Waals surface area (Å²) in [4.78, 5) is 15.6. The summed E-state index contributed by atoms with van der Waals surface area (Å²) < 4.78 is 31.0. The number of hydrogen-bond donors (Lipinski definition) is 1. The number of nitrogens with two attached hydrogens (primary N) is 1. The van der Waals surface area contributed by atoms with Gasteiger partial charge in [0.2, 0.25) is 0 Å². The number of aromatic nitrogens is 2. The summed E-state index contributed by atoms with van der Waals surface area (Å²) in [5.41, 5.74) is 4.22. The molecule has 1 aliphatic heterocycles. The maximum absolute atomic E-state index is 13.0. The van der Waals surface area contributed by atoms with E-state index >= 15 is 0 Å². The fraction of sp³-hybridized carbons (Fsp3) is 0.600. The summed E-state index contributed by atoms with van der Waals surface area (Å²) in [6, 6.07) is 1.55. The molecule has 0 fully saturated rings. The van der Waals surface area contributed by atoms with Crippen molar-refractivity contribution >= 4 is 13.4 Å². The van der Waals surface area contributed by atoms with Gasteiger partial charge in [0.1, 0.15) is 11.4 Å². The van der Waals surface area contributed by atoms with Gasteiger partial charge < -0.3 is 19.5 Å². The Hall–Kier alpha value is -1.47. The van der Waals surface area contributed by atoms with E-state index < -0.39 is 18.9 Å². The first-order valence-corrected chi connectivity index (χ1v) is 9.44. The third-order valence-corrected chi connectivity index (χ3v) is 5.84. The molecule has 24 heavy (non-hydrogen) atoms. The standard InChI is InChI=1S/C15H24N3O5P/c1-4-22-24(20,23-5-2)12-7-9-21-15(3,10-12)11-18-8-6-13(16)17-14(18)19/h6,8,10H,4-5,7,9,11H2,1-3H3,(H2,16,17,19). The quantitative estimate of drug-likeness (QED) is 0.745. The largest absolute Gasteiger partial charge is 0.383 e. The summed E-state index contributed by atoms with van der Waals surface area (Å²) in [6.07, 6.45) is 3.76. The molecule has 2 heterocycles. The minimum Gasteiger partial charge on any atom is -0.383 e. The van der Waals surface area contributed by atoms with Crippen molar-refractivity contribution in [3.63, 3.8) is 0 Å². The Morgan fingerprint density at radius 3 is 2.67 bits per heavy atom. The smallest absolute Gasteiger partial charge is 0.357 e. The summed E-state index contributed by atoms with van der Waals surface area (Å²) in [5.74, 6) is 0.166. The van der Waals surface area contributed by atoms with E-state index in [1.807, 2.05) is 6.92 Å². The molecule has 0 aliphatic carbocycles. The molecule has 0 amide bonds. The van der Waals surface area contributed by atoms with Crippen molar-refractivity contribution in [3.05, 3.63) is 34.1 Å². The van der Waals surface area contributed by atoms with Crippen LogP contribution in [0.1, 0.15) is 27.2 Å². The zero-order chi connectivity index (χ0) is 17.8. The van der Waals surface area contributed by atoms with Gasteiger partial charge >= 0.3 is 13.3 Å². The number of hydrogen-bond acceptors (Lipinski definition) is 7. The Bertz CT molecular complexity index is 707. The molecular weight excluding hydrogens is 333 g/mol. The minimum absolute atomic E-state index is 0.166. The second-order valence-electron chi connectivity index (χ2n) is 5.64. The summed E-state index contributed by atoms with van der Waals surface area (Å²) >= 11 is 0. The first kappa shape index (κ1) is 18.9. The Morgan fingerprint density at radius 1 is 1.42 bits per heavy atom. The molecule has 0 saturated heterocycles. The molecule has 1 aromatic heterocycles. The summed E-state index contributed by atoms with van der Waals surface area (Å²) in [7, 11) is -3.34. The second kappa shape index (κ2) is 7.61. The van der Waals surface area contributed by atoms with Crippen LogP contribution in [-0.2, 0) is 24.9 Å². The lowest BCUT2D eigenvalue weighted by atomic mass is 10.0. The molecule has 134 valence electrons. The average Bonchev–Trinajstić information content (AvgIpc) is 2.51. The van der Waals surface area contributed by atoms with Gasteiger partial charge in [-0.15, -0.1) is 0 Å². The van der Waals surface area contributed by atoms with Gasteiger partial charge in [0, 0.05) is 17.9 Å². The molecule has 9 heteroatoms. The van der Waals surface area contributed by atoms with E-state index in [2.05, 4.69) is 4.98 Å². The second-order valence-corrected chi connectivity index (χ2v) is 7.73. The highest BCUT2D eigenvalue weighted by Gasteiger charge is 2.37. The van der Waals surface area contributed by atoms with E-state index in [1.54, 1.807) is 32.2 Å². The molecule has 2 rings (SSSR count). The van der Waals surface area contributed by atoms with Crippen molar-refractivity contribution < 1.29 is 18.3 Å². The topological polar surface area (TPSA) is 106 Å². The molecule has 1 unspecified atom stereocenters. The van der Waals surface area contributed by atoms with Crippen LogP contribution in [0.15, 0.2) is 28.4 Å². The van der Waals surface area contributed by atoms with E-state index in [9.17, 15) is 9.36 Å². The summed E-state index contributed by atoms with van der Waals surface area (Å²) in [6.45, 7) is 6.51. The van der Waals surface area contributed by atoms with Gasteiger partial charge in [-0.3, -0.25) is 9.13 Å². The lowest BCUT2D eigenvalue weighted by Gasteiger charge is -2.34. The van der Waals surface area contributed by atoms with Crippen LogP contribution in [0.2, 0.25) is 0 Å². The molecule has 0 saturated carbocycles. The zero-order valence-electron chi connectivity index (χ0n) is 14.2. The number of rotatable bonds is 7. The van der Waals surface area contributed by atoms with E-state index in [1.165, 1.54) is 4.57 Å². The van der Waals surface area contributed by atoms with Crippen molar-refractivity contribution in [2.75, 3.05) is 25.6 Å². The van der Waals surface area contributed by atoms with Gasteiger partial charge in [0.25, 0.3) is 0 Å². The molecule has 1 atom stereocenters. The number of ether oxygens (including phenoxy) is 1. The van der Waals surface area contributed by atoms with Crippen molar-refractivity contribution in [2.45, 2.75) is 39.3 Å². The SMILES string of the molecule is CCOP(=O)(OCC)C1=CC(C)(Cn2ccc(N)nc2=O)OCC1. The monoisotopic (exact) mass is 357 g/mol. The molecule has 0 spiro atoms. The maximum Gasteiger partial charge on any atom is 0.357 e. The van der Waals surface area contributed by atoms with Crippen molar-refractivity contribution in [1.29, 1.82) is 0 Å². The van der Waals surface area contributed by atoms with Crippen LogP contribution in [0.25, 0.3) is 0 Å². The number of anilines is 1. The molecule has 0 aromatic carbocycles. The van der Waals surface area contributed by atoms with Crippen LogP contribution in [0, 0.1) is 0 Å². The predicted octanol–water partition coefficient (Wildman–Crippen LogP) is 2.15. The van der Waals surface area contributed by atoms with E-state index in [0.29, 0.717) is 18.3 Å². The fourth-order valence-electron chi connectivity index (χ4n) is 2.61. The fourth-order valence-corrected chi connectivity index (χ4v) is 4.49. The molecule has 1 aliphatic rings. The lowest BCUT2D eigenvalue weighted by Crippen LogP contribution is -2.39. The van der Waals surface area contributed by atoms with Gasteiger partial charge in [-0.1, -0.05) is 0 Å². The third kappa shape index (κ3) is 4.33. The van der Waals surface area contributed by atoms with Crippen LogP contribution in [0.3, 0.4) is 0 Å². The number of nitrogens with zero attached hydrogens (tertiary/aromatic N) is 2. The Morgan fingerprint density at radius 2 is 2.08 bits per heavy atom. The molecule has 1 aromatic rings. The number of nitrogen functional groups attached to an aromatic ring is 1. The molecule has 2 N–H and O–H groups in total. The van der Waals surface area contributed by atoms with Crippen LogP contribution >= 0.6 is 7.60 Å². The van der Waals surface area contributed by atoms with Crippen molar-refractivity contribution in [1.82, 2.24) is 9.55 Å². The van der Waals surface area contributed by atoms with E-state index in [-0.39, 0.29) is 25.6 Å². The van der Waals surface area contributed by atoms with Crippen molar-refractivity contribution in [3.8, 4) is 0 Å². The highest BCUT2D eigenvalue weighted by Crippen LogP contribution is 2.58. The Balaban J connectivity index is 2.32. The van der Waals surface area contributed by atoms with Gasteiger partial charge in [-0.2, -0.15) is 4.98 Å². The summed E-state index contributed by atoms with van der Waals surface area (Å²) in [5, 5.41) is 0.580. The van der Waals surface area contributed by atoms with Gasteiger partial charge in [0.15, 0.2) is 0 Å². The highest BCUT2D eigenvalue weighted by atomic mass is 31.2. The minimum atomic E-state index is -3.34. The normalized spacial score (nSPS) is 21.5. The van der Waals surface area contributed by atoms with E-state index in [0.717, 1.165) is 0 Å². The van der Waals surface area contributed by atoms with Crippen LogP contribution in [-0.4, -0.2) is 35.0 Å². The zero-order valence-corrected chi connectivity index (χ0v) is 15.1. The molecule has 8 nitrogen and oxygen atoms in total. The molecule has 0 radical (unpaired) electrons.